The summed E-state index contributed by atoms with van der Waals surface area (Å²) >= 11 is 0. The number of rotatable bonds is 9. The summed E-state index contributed by atoms with van der Waals surface area (Å²) in [7, 11) is 0. The molecule has 2 aromatic rings. The van der Waals surface area contributed by atoms with Crippen molar-refractivity contribution in [2.45, 2.75) is 13.1 Å². The van der Waals surface area contributed by atoms with Crippen LogP contribution in [0.15, 0.2) is 58.5 Å². The molecule has 1 amide bonds. The van der Waals surface area contributed by atoms with Gasteiger partial charge in [0.2, 0.25) is 0 Å². The first kappa shape index (κ1) is 26.0. The van der Waals surface area contributed by atoms with Crippen molar-refractivity contribution in [3.63, 3.8) is 0 Å². The van der Waals surface area contributed by atoms with E-state index in [-0.39, 0.29) is 5.56 Å². The molecule has 0 atom stereocenters. The molecule has 0 saturated carbocycles. The molecule has 0 unspecified atom stereocenters. The molecule has 0 radical (unpaired) electrons. The van der Waals surface area contributed by atoms with Crippen molar-refractivity contribution >= 4 is 35.9 Å². The minimum absolute atomic E-state index is 0.120. The zero-order chi connectivity index (χ0) is 25.3. The van der Waals surface area contributed by atoms with E-state index in [1.165, 1.54) is 17.8 Å². The highest BCUT2D eigenvalue weighted by Crippen LogP contribution is 2.23. The Hall–Kier alpha value is -3.66. The van der Waals surface area contributed by atoms with E-state index in [4.69, 9.17) is 4.74 Å². The van der Waals surface area contributed by atoms with Gasteiger partial charge in [-0.3, -0.25) is 14.8 Å². The molecular weight excluding hydrogens is 459 g/mol. The number of hydrogen-bond donors (Lipinski definition) is 2. The molecule has 2 aromatic carbocycles. The number of aliphatic imine (C=N–C) groups is 2. The highest BCUT2D eigenvalue weighted by atomic mass is 19.4. The summed E-state index contributed by atoms with van der Waals surface area (Å²) in [5.41, 5.74) is 4.57. The Morgan fingerprint density at radius 2 is 1.83 bits per heavy atom. The van der Waals surface area contributed by atoms with Crippen LogP contribution >= 0.6 is 0 Å². The lowest BCUT2D eigenvalue weighted by molar-refractivity contribution is -0.123. The van der Waals surface area contributed by atoms with Crippen molar-refractivity contribution in [2.24, 2.45) is 9.98 Å². The maximum Gasteiger partial charge on any atom is 0.405 e. The zero-order valence-corrected chi connectivity index (χ0v) is 19.4. The van der Waals surface area contributed by atoms with E-state index in [1.807, 2.05) is 18.3 Å². The molecule has 0 bridgehead atoms. The number of alkyl halides is 3. The summed E-state index contributed by atoms with van der Waals surface area (Å²) in [5.74, 6) is -0.799. The molecular formula is C25H28F3N5O2. The predicted molar refractivity (Wildman–Crippen MR) is 134 cm³/mol. The summed E-state index contributed by atoms with van der Waals surface area (Å²) in [6.45, 7) is 7.82. The van der Waals surface area contributed by atoms with Crippen molar-refractivity contribution in [3.05, 3.63) is 65.2 Å². The van der Waals surface area contributed by atoms with Gasteiger partial charge in [0, 0.05) is 41.8 Å². The van der Waals surface area contributed by atoms with Gasteiger partial charge in [0.25, 0.3) is 5.91 Å². The van der Waals surface area contributed by atoms with Crippen LogP contribution in [0.5, 0.6) is 0 Å². The Labute approximate surface area is 202 Å². The zero-order valence-electron chi connectivity index (χ0n) is 19.4. The van der Waals surface area contributed by atoms with Crippen LogP contribution in [0.2, 0.25) is 0 Å². The second-order valence-corrected chi connectivity index (χ2v) is 7.85. The summed E-state index contributed by atoms with van der Waals surface area (Å²) in [6.07, 6.45) is -1.20. The monoisotopic (exact) mass is 487 g/mol. The Morgan fingerprint density at radius 3 is 2.46 bits per heavy atom. The Bertz CT molecular complexity index is 1080. The van der Waals surface area contributed by atoms with E-state index < -0.39 is 18.6 Å². The number of nitrogens with one attached hydrogen (secondary N) is 2. The largest absolute Gasteiger partial charge is 0.405 e. The van der Waals surface area contributed by atoms with Crippen LogP contribution in [0, 0.1) is 6.92 Å². The molecule has 1 saturated heterocycles. The van der Waals surface area contributed by atoms with Crippen LogP contribution in [0.4, 0.5) is 24.5 Å². The number of ether oxygens (including phenoxy) is 1. The lowest BCUT2D eigenvalue weighted by Gasteiger charge is -2.29. The number of aryl methyl sites for hydroxylation is 1. The number of amides is 1. The molecule has 7 nitrogen and oxygen atoms in total. The molecule has 3 rings (SSSR count). The lowest BCUT2D eigenvalue weighted by atomic mass is 10.1. The number of nitrogens with zero attached hydrogens (tertiary/aromatic N) is 3. The average Bonchev–Trinajstić information content (AvgIpc) is 2.86. The van der Waals surface area contributed by atoms with Gasteiger partial charge in [0.05, 0.1) is 18.9 Å². The summed E-state index contributed by atoms with van der Waals surface area (Å²) in [6, 6.07) is 12.3. The van der Waals surface area contributed by atoms with E-state index in [1.54, 1.807) is 24.4 Å². The minimum atomic E-state index is -4.46. The molecule has 35 heavy (non-hydrogen) atoms. The van der Waals surface area contributed by atoms with E-state index in [2.05, 4.69) is 39.1 Å². The lowest BCUT2D eigenvalue weighted by Crippen LogP contribution is -2.36. The third-order valence-electron chi connectivity index (χ3n) is 5.35. The van der Waals surface area contributed by atoms with Gasteiger partial charge in [-0.25, -0.2) is 0 Å². The van der Waals surface area contributed by atoms with Gasteiger partial charge in [0.1, 0.15) is 13.2 Å². The van der Waals surface area contributed by atoms with Crippen molar-refractivity contribution < 1.29 is 22.7 Å². The number of carbonyl (C=O) groups excluding carboxylic acids is 1. The molecule has 10 heteroatoms. The molecule has 2 N–H and O–H groups in total. The summed E-state index contributed by atoms with van der Waals surface area (Å²) in [5, 5.41) is 5.11. The van der Waals surface area contributed by atoms with Crippen molar-refractivity contribution in [1.29, 1.82) is 0 Å². The van der Waals surface area contributed by atoms with Gasteiger partial charge in [-0.1, -0.05) is 12.1 Å². The normalized spacial score (nSPS) is 14.7. The summed E-state index contributed by atoms with van der Waals surface area (Å²) in [4.78, 5) is 22.4. The van der Waals surface area contributed by atoms with E-state index >= 15 is 0 Å². The Morgan fingerprint density at radius 1 is 1.14 bits per heavy atom. The smallest absolute Gasteiger partial charge is 0.378 e. The first-order valence-corrected chi connectivity index (χ1v) is 11.1. The fourth-order valence-electron chi connectivity index (χ4n) is 3.49. The van der Waals surface area contributed by atoms with Crippen LogP contribution in [0.3, 0.4) is 0 Å². The first-order valence-electron chi connectivity index (χ1n) is 11.1. The van der Waals surface area contributed by atoms with Crippen molar-refractivity contribution in [3.8, 4) is 0 Å². The highest BCUT2D eigenvalue weighted by molar-refractivity contribution is 5.95. The van der Waals surface area contributed by atoms with Gasteiger partial charge in [-0.05, 0) is 55.6 Å². The molecule has 0 aromatic heterocycles. The average molecular weight is 488 g/mol. The van der Waals surface area contributed by atoms with Gasteiger partial charge in [0.15, 0.2) is 0 Å². The summed E-state index contributed by atoms with van der Waals surface area (Å²) < 4.78 is 42.2. The van der Waals surface area contributed by atoms with Crippen LogP contribution in [-0.4, -0.2) is 64.5 Å². The van der Waals surface area contributed by atoms with Gasteiger partial charge >= 0.3 is 6.18 Å². The third kappa shape index (κ3) is 7.96. The number of hydrogen-bond acceptors (Lipinski definition) is 6. The molecule has 1 aliphatic rings. The molecule has 1 heterocycles. The van der Waals surface area contributed by atoms with Gasteiger partial charge in [-0.15, -0.1) is 0 Å². The van der Waals surface area contributed by atoms with Crippen LogP contribution in [-0.2, 0) is 4.74 Å². The van der Waals surface area contributed by atoms with E-state index in [0.29, 0.717) is 17.9 Å². The van der Waals surface area contributed by atoms with E-state index in [9.17, 15) is 18.0 Å². The SMILES string of the molecule is C=N/C(=C\C=N/CNc1ccc(N2CCOCC2)cc1C)c1ccc(C(=O)NCC(F)(F)F)cc1. The number of benzene rings is 2. The number of allylic oxidation sites excluding steroid dienone is 1. The Kier molecular flexibility index (Phi) is 9.02. The predicted octanol–water partition coefficient (Wildman–Crippen LogP) is 4.31. The Balaban J connectivity index is 1.53. The molecule has 0 spiro atoms. The molecule has 0 aliphatic carbocycles. The van der Waals surface area contributed by atoms with E-state index in [0.717, 1.165) is 37.6 Å². The number of halogens is 3. The molecule has 186 valence electrons. The van der Waals surface area contributed by atoms with Crippen molar-refractivity contribution in [1.82, 2.24) is 5.32 Å². The van der Waals surface area contributed by atoms with Gasteiger partial charge < -0.3 is 20.3 Å². The number of anilines is 2. The quantitative estimate of drug-likeness (QED) is 0.517. The fourth-order valence-corrected chi connectivity index (χ4v) is 3.49. The van der Waals surface area contributed by atoms with Crippen LogP contribution in [0.1, 0.15) is 21.5 Å². The van der Waals surface area contributed by atoms with Crippen molar-refractivity contribution in [2.75, 3.05) is 49.7 Å². The fraction of sp³-hybridized carbons (Fsp3) is 0.320. The molecule has 1 fully saturated rings. The maximum absolute atomic E-state index is 12.3. The van der Waals surface area contributed by atoms with Crippen LogP contribution < -0.4 is 15.5 Å². The van der Waals surface area contributed by atoms with Gasteiger partial charge in [-0.2, -0.15) is 13.2 Å². The third-order valence-corrected chi connectivity index (χ3v) is 5.35. The van der Waals surface area contributed by atoms with Crippen LogP contribution in [0.25, 0.3) is 5.70 Å². The maximum atomic E-state index is 12.3. The standard InChI is InChI=1S/C25H28F3N5O2/c1-18-15-21(33-11-13-35-14-12-33)7-8-22(18)32-17-30-10-9-23(29-2)19-3-5-20(6-4-19)24(34)31-16-25(26,27)28/h3-10,15,32H,2,11-14,16-17H2,1H3,(H,31,34)/b23-9-,30-10-. The second-order valence-electron chi connectivity index (χ2n) is 7.85. The second kappa shape index (κ2) is 12.2. The minimum Gasteiger partial charge on any atom is -0.378 e. The topological polar surface area (TPSA) is 78.3 Å². The number of morpholine rings is 1. The number of carbonyl (C=O) groups is 1. The first-order chi connectivity index (χ1) is 16.8. The highest BCUT2D eigenvalue weighted by Gasteiger charge is 2.27. The molecule has 1 aliphatic heterocycles.